The molecule has 0 spiro atoms. The lowest BCUT2D eigenvalue weighted by Crippen LogP contribution is -2.40. The van der Waals surface area contributed by atoms with Crippen LogP contribution < -0.4 is 11.1 Å². The zero-order valence-electron chi connectivity index (χ0n) is 10.6. The van der Waals surface area contributed by atoms with Crippen molar-refractivity contribution in [1.82, 2.24) is 5.32 Å². The van der Waals surface area contributed by atoms with Gasteiger partial charge >= 0.3 is 0 Å². The third kappa shape index (κ3) is 3.99. The fourth-order valence-corrected chi connectivity index (χ4v) is 1.66. The molecule has 0 fully saturated rings. The lowest BCUT2D eigenvalue weighted by molar-refractivity contribution is -0.385. The number of rotatable bonds is 6. The SMILES string of the molecule is CCCC(CN)NC(=O)c1ccc([N+](=O)[O-])cc1F. The summed E-state index contributed by atoms with van der Waals surface area (Å²) in [6.07, 6.45) is 1.53. The van der Waals surface area contributed by atoms with Gasteiger partial charge < -0.3 is 11.1 Å². The van der Waals surface area contributed by atoms with Crippen LogP contribution in [0.25, 0.3) is 0 Å². The van der Waals surface area contributed by atoms with E-state index in [-0.39, 0.29) is 18.2 Å². The van der Waals surface area contributed by atoms with Crippen molar-refractivity contribution in [2.75, 3.05) is 6.54 Å². The first kappa shape index (κ1) is 15.0. The first-order valence-corrected chi connectivity index (χ1v) is 5.94. The highest BCUT2D eigenvalue weighted by Crippen LogP contribution is 2.16. The first-order chi connectivity index (χ1) is 8.99. The van der Waals surface area contributed by atoms with E-state index < -0.39 is 22.3 Å². The van der Waals surface area contributed by atoms with Gasteiger partial charge in [-0.3, -0.25) is 14.9 Å². The van der Waals surface area contributed by atoms with E-state index in [1.165, 1.54) is 0 Å². The van der Waals surface area contributed by atoms with E-state index in [1.807, 2.05) is 6.92 Å². The van der Waals surface area contributed by atoms with E-state index in [0.717, 1.165) is 24.6 Å². The van der Waals surface area contributed by atoms with E-state index >= 15 is 0 Å². The molecule has 3 N–H and O–H groups in total. The fourth-order valence-electron chi connectivity index (χ4n) is 1.66. The molecule has 1 rings (SSSR count). The molecular weight excluding hydrogens is 253 g/mol. The number of hydrogen-bond donors (Lipinski definition) is 2. The minimum atomic E-state index is -0.918. The Morgan fingerprint density at radius 1 is 1.58 bits per heavy atom. The number of amides is 1. The maximum Gasteiger partial charge on any atom is 0.272 e. The number of carbonyl (C=O) groups is 1. The number of non-ortho nitro benzene ring substituents is 1. The second-order valence-corrected chi connectivity index (χ2v) is 4.12. The average molecular weight is 269 g/mol. The molecule has 0 heterocycles. The molecule has 104 valence electrons. The van der Waals surface area contributed by atoms with Crippen LogP contribution in [0.2, 0.25) is 0 Å². The summed E-state index contributed by atoms with van der Waals surface area (Å²) < 4.78 is 13.6. The standard InChI is InChI=1S/C12H16FN3O3/c1-2-3-8(7-14)15-12(17)10-5-4-9(16(18)19)6-11(10)13/h4-6,8H,2-3,7,14H2,1H3,(H,15,17). The first-order valence-electron chi connectivity index (χ1n) is 5.94. The summed E-state index contributed by atoms with van der Waals surface area (Å²) in [4.78, 5) is 21.6. The third-order valence-corrected chi connectivity index (χ3v) is 2.66. The van der Waals surface area contributed by atoms with Crippen molar-refractivity contribution in [3.63, 3.8) is 0 Å². The number of nitrogens with zero attached hydrogens (tertiary/aromatic N) is 1. The van der Waals surface area contributed by atoms with Crippen LogP contribution in [0.4, 0.5) is 10.1 Å². The molecule has 0 saturated heterocycles. The van der Waals surface area contributed by atoms with Crippen LogP contribution in [0.15, 0.2) is 18.2 Å². The number of nitrogens with one attached hydrogen (secondary N) is 1. The maximum atomic E-state index is 13.6. The molecule has 1 amide bonds. The summed E-state index contributed by atoms with van der Waals surface area (Å²) in [7, 11) is 0. The van der Waals surface area contributed by atoms with Crippen molar-refractivity contribution in [2.24, 2.45) is 5.73 Å². The van der Waals surface area contributed by atoms with Crippen LogP contribution in [-0.4, -0.2) is 23.4 Å². The van der Waals surface area contributed by atoms with Gasteiger partial charge in [0, 0.05) is 18.7 Å². The molecule has 1 aromatic carbocycles. The highest BCUT2D eigenvalue weighted by Gasteiger charge is 2.18. The molecule has 0 bridgehead atoms. The molecule has 1 atom stereocenters. The van der Waals surface area contributed by atoms with Crippen molar-refractivity contribution in [3.05, 3.63) is 39.7 Å². The van der Waals surface area contributed by atoms with Crippen molar-refractivity contribution in [1.29, 1.82) is 0 Å². The zero-order valence-corrected chi connectivity index (χ0v) is 10.6. The van der Waals surface area contributed by atoms with Gasteiger partial charge in [-0.2, -0.15) is 0 Å². The Labute approximate surface area is 109 Å². The molecule has 0 aliphatic heterocycles. The molecule has 6 nitrogen and oxygen atoms in total. The van der Waals surface area contributed by atoms with Gasteiger partial charge in [0.2, 0.25) is 0 Å². The van der Waals surface area contributed by atoms with Crippen LogP contribution in [0.3, 0.4) is 0 Å². The molecule has 0 aliphatic rings. The lowest BCUT2D eigenvalue weighted by atomic mass is 10.1. The minimum absolute atomic E-state index is 0.222. The predicted molar refractivity (Wildman–Crippen MR) is 68.3 cm³/mol. The summed E-state index contributed by atoms with van der Waals surface area (Å²) in [5.74, 6) is -1.53. The molecule has 0 saturated carbocycles. The van der Waals surface area contributed by atoms with E-state index in [1.54, 1.807) is 0 Å². The normalized spacial score (nSPS) is 11.9. The van der Waals surface area contributed by atoms with E-state index in [2.05, 4.69) is 5.32 Å². The Morgan fingerprint density at radius 2 is 2.26 bits per heavy atom. The molecule has 0 aliphatic carbocycles. The summed E-state index contributed by atoms with van der Waals surface area (Å²) in [6.45, 7) is 2.20. The molecule has 1 unspecified atom stereocenters. The number of benzene rings is 1. The van der Waals surface area contributed by atoms with Crippen LogP contribution in [0, 0.1) is 15.9 Å². The van der Waals surface area contributed by atoms with Gasteiger partial charge in [0.15, 0.2) is 0 Å². The van der Waals surface area contributed by atoms with Gasteiger partial charge in [0.1, 0.15) is 5.82 Å². The Balaban J connectivity index is 2.85. The summed E-state index contributed by atoms with van der Waals surface area (Å²) in [6, 6.07) is 2.69. The monoisotopic (exact) mass is 269 g/mol. The van der Waals surface area contributed by atoms with Crippen LogP contribution in [0.1, 0.15) is 30.1 Å². The van der Waals surface area contributed by atoms with E-state index in [0.29, 0.717) is 6.42 Å². The largest absolute Gasteiger partial charge is 0.348 e. The number of nitro groups is 1. The summed E-state index contributed by atoms with van der Waals surface area (Å²) in [5, 5.41) is 13.1. The van der Waals surface area contributed by atoms with Gasteiger partial charge in [-0.05, 0) is 12.5 Å². The lowest BCUT2D eigenvalue weighted by Gasteiger charge is -2.16. The third-order valence-electron chi connectivity index (χ3n) is 2.66. The minimum Gasteiger partial charge on any atom is -0.348 e. The molecule has 1 aromatic rings. The summed E-state index contributed by atoms with van der Waals surface area (Å²) in [5.41, 5.74) is 4.88. The van der Waals surface area contributed by atoms with Gasteiger partial charge in [-0.25, -0.2) is 4.39 Å². The van der Waals surface area contributed by atoms with Crippen molar-refractivity contribution in [2.45, 2.75) is 25.8 Å². The molecule has 19 heavy (non-hydrogen) atoms. The fraction of sp³-hybridized carbons (Fsp3) is 0.417. The van der Waals surface area contributed by atoms with Crippen molar-refractivity contribution in [3.8, 4) is 0 Å². The number of carbonyl (C=O) groups excluding carboxylic acids is 1. The summed E-state index contributed by atoms with van der Waals surface area (Å²) >= 11 is 0. The van der Waals surface area contributed by atoms with Crippen molar-refractivity contribution < 1.29 is 14.1 Å². The van der Waals surface area contributed by atoms with Gasteiger partial charge in [-0.1, -0.05) is 13.3 Å². The molecule has 0 aromatic heterocycles. The van der Waals surface area contributed by atoms with E-state index in [9.17, 15) is 19.3 Å². The zero-order chi connectivity index (χ0) is 14.4. The molecule has 0 radical (unpaired) electrons. The molecule has 7 heteroatoms. The Bertz CT molecular complexity index is 479. The second kappa shape index (κ2) is 6.79. The van der Waals surface area contributed by atoms with E-state index in [4.69, 9.17) is 5.73 Å². The Kier molecular flexibility index (Phi) is 5.37. The highest BCUT2D eigenvalue weighted by molar-refractivity contribution is 5.94. The number of hydrogen-bond acceptors (Lipinski definition) is 4. The van der Waals surface area contributed by atoms with Gasteiger partial charge in [0.25, 0.3) is 11.6 Å². The highest BCUT2D eigenvalue weighted by atomic mass is 19.1. The van der Waals surface area contributed by atoms with Gasteiger partial charge in [-0.15, -0.1) is 0 Å². The van der Waals surface area contributed by atoms with Gasteiger partial charge in [0.05, 0.1) is 16.6 Å². The van der Waals surface area contributed by atoms with Crippen LogP contribution in [0.5, 0.6) is 0 Å². The Hall–Kier alpha value is -2.02. The van der Waals surface area contributed by atoms with Crippen LogP contribution >= 0.6 is 0 Å². The predicted octanol–water partition coefficient (Wildman–Crippen LogP) is 1.59. The number of halogens is 1. The quantitative estimate of drug-likeness (QED) is 0.605. The number of nitro benzene ring substituents is 1. The average Bonchev–Trinajstić information content (AvgIpc) is 2.37. The van der Waals surface area contributed by atoms with Crippen molar-refractivity contribution >= 4 is 11.6 Å². The number of nitrogens with two attached hydrogens (primary N) is 1. The smallest absolute Gasteiger partial charge is 0.272 e. The maximum absolute atomic E-state index is 13.6. The second-order valence-electron chi connectivity index (χ2n) is 4.12. The van der Waals surface area contributed by atoms with Crippen LogP contribution in [-0.2, 0) is 0 Å². The Morgan fingerprint density at radius 3 is 2.74 bits per heavy atom. The molecular formula is C12H16FN3O3. The topological polar surface area (TPSA) is 98.3 Å².